The minimum Gasteiger partial charge on any atom is -0.810 e. The van der Waals surface area contributed by atoms with E-state index in [0.717, 1.165) is 0 Å². The third-order valence-electron chi connectivity index (χ3n) is 7.80. The van der Waals surface area contributed by atoms with E-state index >= 15 is 0 Å². The molecule has 2 aromatic carbocycles. The van der Waals surface area contributed by atoms with E-state index in [1.807, 2.05) is 83.1 Å². The normalized spacial score (nSPS) is 14.6. The predicted octanol–water partition coefficient (Wildman–Crippen LogP) is 6.70. The molecule has 0 spiro atoms. The van der Waals surface area contributed by atoms with Crippen LogP contribution >= 0.6 is 15.2 Å². The number of benzene rings is 2. The third-order valence-corrected chi connectivity index (χ3v) is 10.7. The third kappa shape index (κ3) is 11.5. The molecule has 2 N–H and O–H groups in total. The summed E-state index contributed by atoms with van der Waals surface area (Å²) < 4.78 is 23.2. The Morgan fingerprint density at radius 2 is 0.711 bits per heavy atom. The van der Waals surface area contributed by atoms with Crippen molar-refractivity contribution < 1.29 is 56.0 Å². The van der Waals surface area contributed by atoms with Crippen LogP contribution in [-0.4, -0.2) is 10.2 Å². The van der Waals surface area contributed by atoms with Crippen LogP contribution in [0.4, 0.5) is 0 Å². The van der Waals surface area contributed by atoms with Crippen molar-refractivity contribution in [3.05, 3.63) is 57.6 Å². The SMILES string of the molecule is CCC(c1cc(C(C)(C)C)c(O)c(C(C)(C)C)c1)P(=O)([O-])[O-].CCC(c1cc(C(C)(C)C)c(O)c(C(C)(C)C)c1)P(=O)([O-])[O-].[Cu+4]. The van der Waals surface area contributed by atoms with Crippen LogP contribution in [0.1, 0.15) is 154 Å². The summed E-state index contributed by atoms with van der Waals surface area (Å²) in [6.07, 6.45) is 0.449. The summed E-state index contributed by atoms with van der Waals surface area (Å²) in [5.74, 6) is 0.371. The monoisotopic (exact) mass is 715 g/mol. The first kappa shape index (κ1) is 43.9. The van der Waals surface area contributed by atoms with Gasteiger partial charge in [0.25, 0.3) is 0 Å². The van der Waals surface area contributed by atoms with Gasteiger partial charge >= 0.3 is 17.1 Å². The fourth-order valence-corrected chi connectivity index (χ4v) is 7.19. The van der Waals surface area contributed by atoms with Gasteiger partial charge in [0.1, 0.15) is 11.5 Å². The second-order valence-corrected chi connectivity index (χ2v) is 19.3. The minimum absolute atomic E-state index is 0. The van der Waals surface area contributed by atoms with Gasteiger partial charge in [-0.3, -0.25) is 0 Å². The van der Waals surface area contributed by atoms with Crippen molar-refractivity contribution in [3.63, 3.8) is 0 Å². The maximum absolute atomic E-state index is 11.6. The Hall–Kier alpha value is -1.14. The molecule has 0 heterocycles. The van der Waals surface area contributed by atoms with E-state index in [1.165, 1.54) is 0 Å². The summed E-state index contributed by atoms with van der Waals surface area (Å²) in [5, 5.41) is 21.2. The summed E-state index contributed by atoms with van der Waals surface area (Å²) in [6, 6.07) is 6.67. The smallest absolute Gasteiger partial charge is 0.810 e. The molecule has 0 aliphatic heterocycles. The molecule has 0 fully saturated rings. The maximum Gasteiger partial charge on any atom is 4.00 e. The van der Waals surface area contributed by atoms with Crippen molar-refractivity contribution in [2.45, 2.75) is 143 Å². The van der Waals surface area contributed by atoms with E-state index < -0.39 is 26.5 Å². The Bertz CT molecular complexity index is 1220. The van der Waals surface area contributed by atoms with Crippen molar-refractivity contribution in [1.82, 2.24) is 0 Å². The second-order valence-electron chi connectivity index (χ2n) is 15.9. The van der Waals surface area contributed by atoms with Crippen molar-refractivity contribution >= 4 is 15.2 Å². The van der Waals surface area contributed by atoms with E-state index in [1.54, 1.807) is 38.1 Å². The van der Waals surface area contributed by atoms with Gasteiger partial charge in [-0.05, 0) is 67.9 Å². The van der Waals surface area contributed by atoms with Crippen LogP contribution in [0.25, 0.3) is 0 Å². The summed E-state index contributed by atoms with van der Waals surface area (Å²) in [4.78, 5) is 46.3. The minimum atomic E-state index is -4.74. The average Bonchev–Trinajstić information content (AvgIpc) is 2.77. The molecule has 2 aromatic rings. The zero-order chi connectivity index (χ0) is 35.0. The molecule has 0 saturated heterocycles. The Balaban J connectivity index is 0.000000842. The first-order chi connectivity index (χ1) is 19.4. The summed E-state index contributed by atoms with van der Waals surface area (Å²) in [7, 11) is -9.48. The number of hydrogen-bond donors (Lipinski definition) is 2. The Labute approximate surface area is 282 Å². The number of phenolic OH excluding ortho intramolecular Hbond substituents is 2. The van der Waals surface area contributed by atoms with Crippen molar-refractivity contribution in [2.75, 3.05) is 0 Å². The zero-order valence-corrected chi connectivity index (χ0v) is 32.1. The van der Waals surface area contributed by atoms with Crippen LogP contribution in [-0.2, 0) is 47.9 Å². The second kappa shape index (κ2) is 15.0. The Morgan fingerprint density at radius 1 is 0.533 bits per heavy atom. The topological polar surface area (TPSA) is 167 Å². The average molecular weight is 716 g/mol. The number of rotatable bonds is 6. The Kier molecular flexibility index (Phi) is 14.6. The molecule has 2 unspecified atom stereocenters. The van der Waals surface area contributed by atoms with Crippen LogP contribution in [0, 0.1) is 0 Å². The van der Waals surface area contributed by atoms with Crippen LogP contribution in [0.3, 0.4) is 0 Å². The van der Waals surface area contributed by atoms with Gasteiger partial charge in [-0.1, -0.05) is 136 Å². The molecule has 0 bridgehead atoms. The van der Waals surface area contributed by atoms with Gasteiger partial charge in [-0.25, -0.2) is 0 Å². The molecular formula is C34H54CuO8P2. The van der Waals surface area contributed by atoms with Gasteiger partial charge in [0.15, 0.2) is 0 Å². The maximum atomic E-state index is 11.6. The standard InChI is InChI=1S/2C17H29O4P.Cu/c2*1-8-14(22(19,20)21)11-9-12(16(2,3)4)15(18)13(10-11)17(5,6)7;/h2*9-10,14,18H,8H2,1-7H3,(H2,19,20,21);/q;;+4/p-4. The molecule has 0 aliphatic rings. The first-order valence-electron chi connectivity index (χ1n) is 15.2. The molecule has 11 heteroatoms. The molecule has 45 heavy (non-hydrogen) atoms. The van der Waals surface area contributed by atoms with Crippen LogP contribution in [0.5, 0.6) is 11.5 Å². The predicted molar refractivity (Wildman–Crippen MR) is 172 cm³/mol. The van der Waals surface area contributed by atoms with Gasteiger partial charge in [0.2, 0.25) is 0 Å². The molecule has 0 amide bonds. The summed E-state index contributed by atoms with van der Waals surface area (Å²) in [5.41, 5.74) is 0.0924. The molecule has 0 saturated carbocycles. The van der Waals surface area contributed by atoms with Crippen molar-refractivity contribution in [1.29, 1.82) is 0 Å². The molecule has 259 valence electrons. The molecule has 0 aromatic heterocycles. The summed E-state index contributed by atoms with van der Waals surface area (Å²) >= 11 is 0. The molecule has 0 aliphatic carbocycles. The van der Waals surface area contributed by atoms with E-state index in [9.17, 15) is 38.9 Å². The molecule has 8 nitrogen and oxygen atoms in total. The van der Waals surface area contributed by atoms with E-state index in [4.69, 9.17) is 0 Å². The van der Waals surface area contributed by atoms with Crippen LogP contribution in [0.2, 0.25) is 0 Å². The molecule has 1 radical (unpaired) electrons. The summed E-state index contributed by atoms with van der Waals surface area (Å²) in [6.45, 7) is 26.8. The first-order valence-corrected chi connectivity index (χ1v) is 18.4. The quantitative estimate of drug-likeness (QED) is 0.246. The van der Waals surface area contributed by atoms with Gasteiger partial charge in [0, 0.05) is 11.3 Å². The molecule has 2 atom stereocenters. The molecular weight excluding hydrogens is 662 g/mol. The van der Waals surface area contributed by atoms with E-state index in [2.05, 4.69) is 0 Å². The largest absolute Gasteiger partial charge is 4.00 e. The number of phenols is 2. The van der Waals surface area contributed by atoms with Gasteiger partial charge in [0.05, 0.1) is 0 Å². The van der Waals surface area contributed by atoms with Crippen molar-refractivity contribution in [3.8, 4) is 11.5 Å². The number of aromatic hydroxyl groups is 2. The fourth-order valence-electron chi connectivity index (χ4n) is 5.27. The van der Waals surface area contributed by atoms with Gasteiger partial charge in [-0.15, -0.1) is 0 Å². The van der Waals surface area contributed by atoms with Gasteiger partial charge in [-0.2, -0.15) is 0 Å². The Morgan fingerprint density at radius 3 is 0.822 bits per heavy atom. The zero-order valence-electron chi connectivity index (χ0n) is 29.4. The van der Waals surface area contributed by atoms with Crippen LogP contribution in [0.15, 0.2) is 24.3 Å². The van der Waals surface area contributed by atoms with E-state index in [-0.39, 0.29) is 63.1 Å². The van der Waals surface area contributed by atoms with Crippen LogP contribution < -0.4 is 19.6 Å². The number of hydrogen-bond acceptors (Lipinski definition) is 8. The van der Waals surface area contributed by atoms with Crippen molar-refractivity contribution in [2.24, 2.45) is 0 Å². The fraction of sp³-hybridized carbons (Fsp3) is 0.647. The van der Waals surface area contributed by atoms with Gasteiger partial charge < -0.3 is 38.9 Å². The molecule has 2 rings (SSSR count). The van der Waals surface area contributed by atoms with E-state index in [0.29, 0.717) is 33.4 Å².